The van der Waals surface area contributed by atoms with E-state index in [0.29, 0.717) is 10.7 Å². The number of nitrogens with one attached hydrogen (secondary N) is 2. The number of aryl methyl sites for hydroxylation is 1. The van der Waals surface area contributed by atoms with E-state index >= 15 is 17.6 Å². The Morgan fingerprint density at radius 1 is 1.07 bits per heavy atom. The largest absolute Gasteiger partial charge is 0.344 e. The number of fused-ring (bicyclic) bond motifs is 5. The molecule has 1 fully saturated rings. The minimum absolute atomic E-state index is 0.00731. The van der Waals surface area contributed by atoms with Crippen LogP contribution in [0, 0.1) is 17.6 Å². The highest BCUT2D eigenvalue weighted by Gasteiger charge is 2.67. The van der Waals surface area contributed by atoms with Crippen LogP contribution in [0.5, 0.6) is 0 Å². The number of rotatable bonds is 12. The van der Waals surface area contributed by atoms with Crippen molar-refractivity contribution in [1.29, 1.82) is 0 Å². The predicted molar refractivity (Wildman–Crippen MR) is 202 cm³/mol. The molecule has 60 heavy (non-hydrogen) atoms. The summed E-state index contributed by atoms with van der Waals surface area (Å²) in [6, 6.07) is 6.41. The summed E-state index contributed by atoms with van der Waals surface area (Å²) in [4.78, 5) is 33.3. The summed E-state index contributed by atoms with van der Waals surface area (Å²) in [5.74, 6) is -13.0. The van der Waals surface area contributed by atoms with E-state index < -0.39 is 111 Å². The fraction of sp³-hybridized carbons (Fsp3) is 0.342. The van der Waals surface area contributed by atoms with Crippen LogP contribution in [0.4, 0.5) is 40.9 Å². The van der Waals surface area contributed by atoms with Crippen molar-refractivity contribution in [2.75, 3.05) is 11.0 Å². The number of amides is 1. The molecule has 2 N–H and O–H groups in total. The first kappa shape index (κ1) is 41.2. The molecule has 316 valence electrons. The van der Waals surface area contributed by atoms with Gasteiger partial charge in [0.05, 0.1) is 44.8 Å². The number of hydrogen-bond acceptors (Lipinski definition) is 7. The fourth-order valence-electron chi connectivity index (χ4n) is 8.01. The molecular weight excluding hydrogens is 852 g/mol. The predicted octanol–water partition coefficient (Wildman–Crippen LogP) is 7.52. The molecule has 22 heteroatoms. The Hall–Kier alpha value is -5.57. The van der Waals surface area contributed by atoms with Crippen molar-refractivity contribution < 1.29 is 48.3 Å². The summed E-state index contributed by atoms with van der Waals surface area (Å²) in [6.45, 7) is 0.172. The number of nitrogens with zero attached hydrogens (tertiary/aromatic N) is 6. The van der Waals surface area contributed by atoms with Gasteiger partial charge in [-0.1, -0.05) is 24.6 Å². The van der Waals surface area contributed by atoms with Gasteiger partial charge in [-0.3, -0.25) is 28.2 Å². The van der Waals surface area contributed by atoms with Crippen LogP contribution in [-0.4, -0.2) is 49.7 Å². The monoisotopic (exact) mass is 882 g/mol. The molecule has 3 heterocycles. The van der Waals surface area contributed by atoms with E-state index in [2.05, 4.69) is 25.2 Å². The van der Waals surface area contributed by atoms with Crippen LogP contribution in [0.2, 0.25) is 5.02 Å². The van der Waals surface area contributed by atoms with Gasteiger partial charge in [-0.05, 0) is 54.3 Å². The van der Waals surface area contributed by atoms with E-state index in [1.807, 2.05) is 0 Å². The van der Waals surface area contributed by atoms with Crippen LogP contribution in [0.3, 0.4) is 0 Å². The van der Waals surface area contributed by atoms with Crippen molar-refractivity contribution >= 4 is 55.2 Å². The molecule has 0 bridgehead atoms. The second kappa shape index (κ2) is 14.3. The maximum Gasteiger partial charge on any atom is 0.293 e. The zero-order valence-electron chi connectivity index (χ0n) is 31.4. The third kappa shape index (κ3) is 7.03. The lowest BCUT2D eigenvalue weighted by Gasteiger charge is -2.24. The van der Waals surface area contributed by atoms with Gasteiger partial charge in [-0.25, -0.2) is 39.7 Å². The Morgan fingerprint density at radius 3 is 2.42 bits per heavy atom. The minimum atomic E-state index is -3.95. The maximum atomic E-state index is 15.4. The van der Waals surface area contributed by atoms with Gasteiger partial charge in [0.1, 0.15) is 35.4 Å². The first-order valence-electron chi connectivity index (χ1n) is 18.2. The van der Waals surface area contributed by atoms with Gasteiger partial charge in [0, 0.05) is 43.0 Å². The number of carbonyl (C=O) groups excluding carboxylic acids is 1. The Morgan fingerprint density at radius 2 is 1.77 bits per heavy atom. The van der Waals surface area contributed by atoms with E-state index in [1.54, 1.807) is 0 Å². The molecule has 0 aliphatic heterocycles. The third-order valence-corrected chi connectivity index (χ3v) is 11.5. The molecule has 12 nitrogen and oxygen atoms in total. The smallest absolute Gasteiger partial charge is 0.293 e. The normalized spacial score (nSPS) is 17.6. The highest BCUT2D eigenvalue weighted by molar-refractivity contribution is 7.92. The van der Waals surface area contributed by atoms with Gasteiger partial charge in [0.15, 0.2) is 5.82 Å². The molecule has 3 atom stereocenters. The SMILES string of the molecule is CCC(F)(F)c1ccc2c(=O)n(-c3ccc(Cl)c4c(NS(C)(=O)=O)nn(C)c34)c([C@H](Cc3cc(F)cc(F)c3)NC(=O)Cn3nc(C(F)F)c4c3C(F)(F)[C@@H]3C[C@H]43)nc2c1. The van der Waals surface area contributed by atoms with E-state index in [0.717, 1.165) is 41.2 Å². The average Bonchev–Trinajstić information content (AvgIpc) is 3.69. The van der Waals surface area contributed by atoms with Crippen LogP contribution >= 0.6 is 11.6 Å². The van der Waals surface area contributed by atoms with Crippen molar-refractivity contribution in [2.24, 2.45) is 13.0 Å². The second-order valence-corrected chi connectivity index (χ2v) is 17.0. The molecule has 2 aliphatic carbocycles. The highest BCUT2D eigenvalue weighted by Crippen LogP contribution is 2.68. The summed E-state index contributed by atoms with van der Waals surface area (Å²) in [5, 5.41) is 10.2. The van der Waals surface area contributed by atoms with E-state index in [1.165, 1.54) is 30.8 Å². The molecule has 6 aromatic rings. The van der Waals surface area contributed by atoms with E-state index in [9.17, 15) is 35.6 Å². The number of halogens is 9. The number of hydrogen-bond donors (Lipinski definition) is 2. The van der Waals surface area contributed by atoms with Crippen molar-refractivity contribution in [3.8, 4) is 5.69 Å². The minimum Gasteiger partial charge on any atom is -0.344 e. The highest BCUT2D eigenvalue weighted by atomic mass is 35.5. The summed E-state index contributed by atoms with van der Waals surface area (Å²) < 4.78 is 148. The van der Waals surface area contributed by atoms with Crippen LogP contribution in [0.1, 0.15) is 72.1 Å². The van der Waals surface area contributed by atoms with Crippen molar-refractivity contribution in [2.45, 2.75) is 63.0 Å². The standard InChI is InChI=1S/C38H31ClF8N8O4S/c1-4-37(44,45)17-5-6-20-24(12-17)49-35(55(36(20)57)26-8-7-23(39)29-31(26)53(2)51-34(29)52-60(3,58)59)25(11-16-9-18(40)13-19(41)10-16)48-27(56)15-54-32-28(30(50-54)33(42)43)21-14-22(21)38(32,46)47/h5-10,12-13,21-22,25,33H,4,11,14-15H2,1-3H3,(H,48,56)(H,51,52)/t21-,22+,25-/m0/s1. The van der Waals surface area contributed by atoms with Crippen molar-refractivity contribution in [3.05, 3.63) is 109 Å². The lowest BCUT2D eigenvalue weighted by Crippen LogP contribution is -2.38. The number of benzene rings is 3. The van der Waals surface area contributed by atoms with Crippen LogP contribution < -0.4 is 15.6 Å². The molecule has 0 saturated heterocycles. The fourth-order valence-corrected chi connectivity index (χ4v) is 8.75. The van der Waals surface area contributed by atoms with Crippen LogP contribution in [0.25, 0.3) is 27.5 Å². The van der Waals surface area contributed by atoms with Gasteiger partial charge in [0.25, 0.3) is 23.8 Å². The summed E-state index contributed by atoms with van der Waals surface area (Å²) in [5.41, 5.74) is -4.05. The molecule has 1 saturated carbocycles. The molecule has 3 aromatic carbocycles. The summed E-state index contributed by atoms with van der Waals surface area (Å²) in [6.07, 6.45) is -3.64. The first-order valence-corrected chi connectivity index (χ1v) is 20.5. The van der Waals surface area contributed by atoms with E-state index in [-0.39, 0.29) is 55.9 Å². The van der Waals surface area contributed by atoms with Gasteiger partial charge in [-0.2, -0.15) is 19.0 Å². The zero-order valence-corrected chi connectivity index (χ0v) is 33.0. The van der Waals surface area contributed by atoms with Gasteiger partial charge >= 0.3 is 0 Å². The number of sulfonamides is 1. The maximum absolute atomic E-state index is 15.4. The first-order chi connectivity index (χ1) is 28.1. The van der Waals surface area contributed by atoms with Gasteiger partial charge < -0.3 is 5.32 Å². The zero-order chi connectivity index (χ0) is 43.4. The Labute approximate surface area is 339 Å². The Kier molecular flexibility index (Phi) is 9.80. The molecule has 8 rings (SSSR count). The third-order valence-electron chi connectivity index (χ3n) is 10.7. The van der Waals surface area contributed by atoms with Gasteiger partial charge in [-0.15, -0.1) is 0 Å². The Balaban J connectivity index is 1.35. The van der Waals surface area contributed by atoms with Crippen LogP contribution in [0.15, 0.2) is 53.3 Å². The van der Waals surface area contributed by atoms with Crippen LogP contribution in [-0.2, 0) is 46.7 Å². The summed E-state index contributed by atoms with van der Waals surface area (Å²) in [7, 11) is -2.57. The summed E-state index contributed by atoms with van der Waals surface area (Å²) >= 11 is 6.55. The number of alkyl halides is 6. The second-order valence-electron chi connectivity index (χ2n) is 14.8. The lowest BCUT2D eigenvalue weighted by atomic mass is 10.0. The number of aromatic nitrogens is 6. The molecule has 0 spiro atoms. The van der Waals surface area contributed by atoms with Crippen molar-refractivity contribution in [1.82, 2.24) is 34.4 Å². The molecule has 2 aliphatic rings. The molecule has 0 unspecified atom stereocenters. The molecule has 1 amide bonds. The quantitative estimate of drug-likeness (QED) is 0.121. The average molecular weight is 883 g/mol. The molecule has 0 radical (unpaired) electrons. The Bertz CT molecular complexity index is 2930. The molecular formula is C38H31ClF8N8O4S. The number of carbonyl (C=O) groups is 1. The van der Waals surface area contributed by atoms with E-state index in [4.69, 9.17) is 11.6 Å². The topological polar surface area (TPSA) is 146 Å². The molecule has 3 aromatic heterocycles. The van der Waals surface area contributed by atoms with Gasteiger partial charge in [0.2, 0.25) is 15.9 Å². The van der Waals surface area contributed by atoms with Crippen molar-refractivity contribution in [3.63, 3.8) is 0 Å². The lowest BCUT2D eigenvalue weighted by molar-refractivity contribution is -0.123. The number of anilines is 1.